The molecule has 0 saturated carbocycles. The van der Waals surface area contributed by atoms with E-state index in [4.69, 9.17) is 0 Å². The van der Waals surface area contributed by atoms with Crippen LogP contribution in [0.15, 0.2) is 36.7 Å². The highest BCUT2D eigenvalue weighted by Crippen LogP contribution is 2.35. The molecule has 1 aromatic carbocycles. The van der Waals surface area contributed by atoms with E-state index in [1.807, 2.05) is 0 Å². The number of nitrogens with zero attached hydrogens (tertiary/aromatic N) is 3. The molecule has 1 aliphatic heterocycles. The monoisotopic (exact) mass is 285 g/mol. The molecule has 1 saturated heterocycles. The summed E-state index contributed by atoms with van der Waals surface area (Å²) in [5, 5.41) is 0. The third-order valence-electron chi connectivity index (χ3n) is 3.83. The molecule has 108 valence electrons. The van der Waals surface area contributed by atoms with E-state index in [9.17, 15) is 9.18 Å². The number of benzene rings is 1. The molecule has 0 unspecified atom stereocenters. The molecule has 21 heavy (non-hydrogen) atoms. The molecule has 0 aliphatic carbocycles. The van der Waals surface area contributed by atoms with E-state index in [-0.39, 0.29) is 17.8 Å². The van der Waals surface area contributed by atoms with Gasteiger partial charge < -0.3 is 4.90 Å². The number of carbonyl (C=O) groups is 1. The summed E-state index contributed by atoms with van der Waals surface area (Å²) in [7, 11) is 0. The van der Waals surface area contributed by atoms with E-state index in [0.717, 1.165) is 12.8 Å². The predicted octanol–water partition coefficient (Wildman–Crippen LogP) is 2.97. The predicted molar refractivity (Wildman–Crippen MR) is 76.8 cm³/mol. The summed E-state index contributed by atoms with van der Waals surface area (Å²) in [6.07, 6.45) is 4.91. The molecule has 4 nitrogen and oxygen atoms in total. The minimum Gasteiger partial charge on any atom is -0.334 e. The van der Waals surface area contributed by atoms with Crippen molar-refractivity contribution in [1.82, 2.24) is 14.9 Å². The van der Waals surface area contributed by atoms with Crippen LogP contribution in [0.5, 0.6) is 0 Å². The molecule has 1 amide bonds. The average molecular weight is 285 g/mol. The van der Waals surface area contributed by atoms with Crippen LogP contribution in [-0.2, 0) is 4.79 Å². The van der Waals surface area contributed by atoms with E-state index >= 15 is 0 Å². The van der Waals surface area contributed by atoms with Crippen molar-refractivity contribution < 1.29 is 9.18 Å². The van der Waals surface area contributed by atoms with Crippen LogP contribution in [0.25, 0.3) is 11.3 Å². The highest BCUT2D eigenvalue weighted by atomic mass is 19.1. The van der Waals surface area contributed by atoms with Crippen molar-refractivity contribution in [2.24, 2.45) is 0 Å². The van der Waals surface area contributed by atoms with Crippen molar-refractivity contribution in [3.63, 3.8) is 0 Å². The van der Waals surface area contributed by atoms with E-state index < -0.39 is 0 Å². The number of amides is 1. The Morgan fingerprint density at radius 1 is 1.29 bits per heavy atom. The van der Waals surface area contributed by atoms with Gasteiger partial charge in [-0.3, -0.25) is 14.8 Å². The standard InChI is InChI=1S/C16H16FN3O/c1-11(21)20-10-4-7-14(20)16-15(18-8-9-19-16)12-5-2-3-6-13(12)17/h2-3,5-6,8-9,14H,4,7,10H2,1H3/t14-/m1/s1. The second kappa shape index (κ2) is 5.60. The first kappa shape index (κ1) is 13.7. The topological polar surface area (TPSA) is 46.1 Å². The first-order valence-corrected chi connectivity index (χ1v) is 7.01. The van der Waals surface area contributed by atoms with Gasteiger partial charge in [0, 0.05) is 31.4 Å². The van der Waals surface area contributed by atoms with E-state index in [0.29, 0.717) is 23.5 Å². The second-order valence-electron chi connectivity index (χ2n) is 5.14. The van der Waals surface area contributed by atoms with Gasteiger partial charge in [-0.25, -0.2) is 4.39 Å². The highest BCUT2D eigenvalue weighted by molar-refractivity contribution is 5.74. The lowest BCUT2D eigenvalue weighted by molar-refractivity contribution is -0.129. The highest BCUT2D eigenvalue weighted by Gasteiger charge is 2.31. The third-order valence-corrected chi connectivity index (χ3v) is 3.83. The minimum absolute atomic E-state index is 0.0163. The van der Waals surface area contributed by atoms with Crippen LogP contribution < -0.4 is 0 Å². The van der Waals surface area contributed by atoms with Crippen molar-refractivity contribution >= 4 is 5.91 Å². The molecule has 3 rings (SSSR count). The van der Waals surface area contributed by atoms with Gasteiger partial charge in [0.2, 0.25) is 5.91 Å². The summed E-state index contributed by atoms with van der Waals surface area (Å²) >= 11 is 0. The quantitative estimate of drug-likeness (QED) is 0.852. The molecule has 0 bridgehead atoms. The lowest BCUT2D eigenvalue weighted by atomic mass is 10.0. The second-order valence-corrected chi connectivity index (χ2v) is 5.14. The zero-order valence-electron chi connectivity index (χ0n) is 11.8. The summed E-state index contributed by atoms with van der Waals surface area (Å²) in [5.41, 5.74) is 1.63. The first-order valence-electron chi connectivity index (χ1n) is 7.01. The van der Waals surface area contributed by atoms with Gasteiger partial charge >= 0.3 is 0 Å². The van der Waals surface area contributed by atoms with Crippen LogP contribution in [-0.4, -0.2) is 27.3 Å². The van der Waals surface area contributed by atoms with Gasteiger partial charge in [0.25, 0.3) is 0 Å². The van der Waals surface area contributed by atoms with Gasteiger partial charge in [0.05, 0.1) is 17.4 Å². The van der Waals surface area contributed by atoms with Crippen LogP contribution in [0.4, 0.5) is 4.39 Å². The fourth-order valence-electron chi connectivity index (χ4n) is 2.88. The Bertz CT molecular complexity index is 674. The SMILES string of the molecule is CC(=O)N1CCC[C@@H]1c1nccnc1-c1ccccc1F. The van der Waals surface area contributed by atoms with Crippen molar-refractivity contribution in [1.29, 1.82) is 0 Å². The number of halogens is 1. The Labute approximate surface area is 122 Å². The number of likely N-dealkylation sites (tertiary alicyclic amines) is 1. The van der Waals surface area contributed by atoms with Crippen LogP contribution in [0.2, 0.25) is 0 Å². The Hall–Kier alpha value is -2.30. The van der Waals surface area contributed by atoms with Crippen molar-refractivity contribution in [2.45, 2.75) is 25.8 Å². The molecule has 2 heterocycles. The number of carbonyl (C=O) groups excluding carboxylic acids is 1. The van der Waals surface area contributed by atoms with Crippen molar-refractivity contribution in [2.75, 3.05) is 6.54 Å². The van der Waals surface area contributed by atoms with E-state index in [1.54, 1.807) is 42.4 Å². The van der Waals surface area contributed by atoms with Gasteiger partial charge in [-0.1, -0.05) is 12.1 Å². The summed E-state index contributed by atoms with van der Waals surface area (Å²) in [6, 6.07) is 6.40. The normalized spacial score (nSPS) is 18.0. The fraction of sp³-hybridized carbons (Fsp3) is 0.312. The summed E-state index contributed by atoms with van der Waals surface area (Å²) in [4.78, 5) is 22.2. The zero-order valence-corrected chi connectivity index (χ0v) is 11.8. The largest absolute Gasteiger partial charge is 0.334 e. The number of rotatable bonds is 2. The van der Waals surface area contributed by atoms with Crippen molar-refractivity contribution in [3.8, 4) is 11.3 Å². The summed E-state index contributed by atoms with van der Waals surface area (Å²) in [6.45, 7) is 2.27. The summed E-state index contributed by atoms with van der Waals surface area (Å²) < 4.78 is 14.0. The average Bonchev–Trinajstić information content (AvgIpc) is 2.97. The number of hydrogen-bond acceptors (Lipinski definition) is 3. The molecule has 1 aromatic heterocycles. The van der Waals surface area contributed by atoms with E-state index in [2.05, 4.69) is 9.97 Å². The zero-order chi connectivity index (χ0) is 14.8. The number of hydrogen-bond donors (Lipinski definition) is 0. The third kappa shape index (κ3) is 2.51. The van der Waals surface area contributed by atoms with Crippen LogP contribution in [0, 0.1) is 5.82 Å². The van der Waals surface area contributed by atoms with Gasteiger partial charge in [-0.15, -0.1) is 0 Å². The molecule has 0 radical (unpaired) electrons. The molecule has 1 fully saturated rings. The van der Waals surface area contributed by atoms with Gasteiger partial charge in [-0.05, 0) is 25.0 Å². The van der Waals surface area contributed by atoms with Crippen LogP contribution in [0.1, 0.15) is 31.5 Å². The van der Waals surface area contributed by atoms with Crippen LogP contribution in [0.3, 0.4) is 0 Å². The lowest BCUT2D eigenvalue weighted by Crippen LogP contribution is -2.29. The molecule has 5 heteroatoms. The van der Waals surface area contributed by atoms with Gasteiger partial charge in [0.15, 0.2) is 0 Å². The maximum absolute atomic E-state index is 14.0. The first-order chi connectivity index (χ1) is 10.2. The molecule has 2 aromatic rings. The Balaban J connectivity index is 2.09. The molecule has 1 atom stereocenters. The Kier molecular flexibility index (Phi) is 3.64. The van der Waals surface area contributed by atoms with E-state index in [1.165, 1.54) is 6.07 Å². The van der Waals surface area contributed by atoms with Gasteiger partial charge in [-0.2, -0.15) is 0 Å². The molecule has 0 spiro atoms. The molecule has 0 N–H and O–H groups in total. The van der Waals surface area contributed by atoms with Crippen LogP contribution >= 0.6 is 0 Å². The number of aromatic nitrogens is 2. The van der Waals surface area contributed by atoms with Crippen molar-refractivity contribution in [3.05, 3.63) is 48.2 Å². The maximum Gasteiger partial charge on any atom is 0.220 e. The Morgan fingerprint density at radius 2 is 2.05 bits per heavy atom. The fourth-order valence-corrected chi connectivity index (χ4v) is 2.88. The maximum atomic E-state index is 14.0. The Morgan fingerprint density at radius 3 is 2.81 bits per heavy atom. The van der Waals surface area contributed by atoms with Gasteiger partial charge in [0.1, 0.15) is 5.82 Å². The lowest BCUT2D eigenvalue weighted by Gasteiger charge is -2.24. The molecular formula is C16H16FN3O. The minimum atomic E-state index is -0.327. The molecular weight excluding hydrogens is 269 g/mol. The molecule has 1 aliphatic rings. The summed E-state index contributed by atoms with van der Waals surface area (Å²) in [5.74, 6) is -0.311. The smallest absolute Gasteiger partial charge is 0.220 e.